The average molecular weight is 377 g/mol. The summed E-state index contributed by atoms with van der Waals surface area (Å²) in [6.45, 7) is 4.61. The Hall–Kier alpha value is -1.32. The Bertz CT molecular complexity index is 775. The first-order valence-electron chi connectivity index (χ1n) is 8.08. The molecule has 0 aliphatic carbocycles. The van der Waals surface area contributed by atoms with Gasteiger partial charge in [0.25, 0.3) is 0 Å². The minimum atomic E-state index is -3.77. The van der Waals surface area contributed by atoms with Gasteiger partial charge in [0.2, 0.25) is 20.0 Å². The number of sulfonamides is 2. The Morgan fingerprint density at radius 1 is 1.25 bits per heavy atom. The Balaban J connectivity index is 2.48. The quantitative estimate of drug-likeness (QED) is 0.782. The number of hydrogen-bond acceptors (Lipinski definition) is 5. The van der Waals surface area contributed by atoms with Gasteiger partial charge in [-0.3, -0.25) is 4.31 Å². The zero-order valence-corrected chi connectivity index (χ0v) is 15.6. The van der Waals surface area contributed by atoms with Gasteiger partial charge in [-0.2, -0.15) is 0 Å². The maximum absolute atomic E-state index is 12.5. The van der Waals surface area contributed by atoms with Crippen molar-refractivity contribution in [1.29, 1.82) is 0 Å². The van der Waals surface area contributed by atoms with Crippen molar-refractivity contribution >= 4 is 25.7 Å². The summed E-state index contributed by atoms with van der Waals surface area (Å²) >= 11 is 0. The van der Waals surface area contributed by atoms with E-state index in [1.165, 1.54) is 16.4 Å². The Morgan fingerprint density at radius 3 is 2.62 bits per heavy atom. The van der Waals surface area contributed by atoms with E-state index in [-0.39, 0.29) is 16.4 Å². The molecule has 24 heavy (non-hydrogen) atoms. The summed E-state index contributed by atoms with van der Waals surface area (Å²) in [7, 11) is -7.17. The molecule has 1 aliphatic heterocycles. The van der Waals surface area contributed by atoms with Crippen LogP contribution in [-0.2, 0) is 20.0 Å². The molecule has 0 unspecified atom stereocenters. The number of rotatable bonds is 7. The van der Waals surface area contributed by atoms with Gasteiger partial charge in [0, 0.05) is 13.1 Å². The summed E-state index contributed by atoms with van der Waals surface area (Å²) in [5.41, 5.74) is 0.357. The molecule has 1 aromatic carbocycles. The topological polar surface area (TPSA) is 92.8 Å². The van der Waals surface area contributed by atoms with Gasteiger partial charge in [-0.1, -0.05) is 6.92 Å². The van der Waals surface area contributed by atoms with Crippen LogP contribution in [0.15, 0.2) is 23.1 Å². The summed E-state index contributed by atoms with van der Waals surface area (Å²) in [6.07, 6.45) is 2.03. The number of nitrogens with zero attached hydrogens (tertiary/aromatic N) is 1. The Morgan fingerprint density at radius 2 is 2.00 bits per heavy atom. The second kappa shape index (κ2) is 7.71. The van der Waals surface area contributed by atoms with Crippen LogP contribution in [0.4, 0.5) is 5.69 Å². The molecular weight excluding hydrogens is 352 g/mol. The van der Waals surface area contributed by atoms with Crippen molar-refractivity contribution in [3.05, 3.63) is 18.2 Å². The molecule has 0 bridgehead atoms. The Labute approximate surface area is 144 Å². The zero-order valence-electron chi connectivity index (χ0n) is 14.0. The van der Waals surface area contributed by atoms with Crippen LogP contribution in [0.25, 0.3) is 0 Å². The molecule has 1 aliphatic rings. The molecule has 0 radical (unpaired) electrons. The maximum Gasteiger partial charge on any atom is 0.244 e. The molecular formula is C15H24N2O5S2. The summed E-state index contributed by atoms with van der Waals surface area (Å²) in [4.78, 5) is -0.0314. The lowest BCUT2D eigenvalue weighted by molar-refractivity contribution is 0.331. The van der Waals surface area contributed by atoms with Crippen molar-refractivity contribution in [2.24, 2.45) is 0 Å². The highest BCUT2D eigenvalue weighted by Gasteiger charge is 2.28. The van der Waals surface area contributed by atoms with E-state index in [0.717, 1.165) is 6.42 Å². The molecule has 1 fully saturated rings. The van der Waals surface area contributed by atoms with Crippen molar-refractivity contribution in [3.63, 3.8) is 0 Å². The first kappa shape index (κ1) is 19.0. The molecule has 136 valence electrons. The molecule has 0 amide bonds. The first-order valence-corrected chi connectivity index (χ1v) is 11.2. The van der Waals surface area contributed by atoms with E-state index in [4.69, 9.17) is 4.74 Å². The zero-order chi connectivity index (χ0) is 17.8. The summed E-state index contributed by atoms with van der Waals surface area (Å²) in [5.74, 6) is 0.301. The smallest absolute Gasteiger partial charge is 0.244 e. The summed E-state index contributed by atoms with van der Waals surface area (Å²) in [5, 5.41) is 0. The van der Waals surface area contributed by atoms with E-state index in [0.29, 0.717) is 38.2 Å². The van der Waals surface area contributed by atoms with Crippen molar-refractivity contribution in [2.45, 2.75) is 38.0 Å². The Kier molecular flexibility index (Phi) is 6.11. The van der Waals surface area contributed by atoms with Crippen LogP contribution in [-0.4, -0.2) is 42.3 Å². The van der Waals surface area contributed by atoms with Gasteiger partial charge in [-0.25, -0.2) is 21.6 Å². The predicted molar refractivity (Wildman–Crippen MR) is 93.5 cm³/mol. The van der Waals surface area contributed by atoms with Crippen molar-refractivity contribution < 1.29 is 21.6 Å². The lowest BCUT2D eigenvalue weighted by atomic mass is 10.2. The van der Waals surface area contributed by atoms with Gasteiger partial charge >= 0.3 is 0 Å². The number of ether oxygens (including phenoxy) is 1. The molecule has 7 nitrogen and oxygen atoms in total. The molecule has 0 saturated carbocycles. The summed E-state index contributed by atoms with van der Waals surface area (Å²) < 4.78 is 58.8. The highest BCUT2D eigenvalue weighted by Crippen LogP contribution is 2.31. The molecule has 9 heteroatoms. The van der Waals surface area contributed by atoms with Gasteiger partial charge in [0.1, 0.15) is 10.6 Å². The van der Waals surface area contributed by atoms with Crippen LogP contribution >= 0.6 is 0 Å². The van der Waals surface area contributed by atoms with E-state index in [1.807, 2.05) is 6.92 Å². The molecule has 1 N–H and O–H groups in total. The minimum absolute atomic E-state index is 0.0314. The number of hydrogen-bond donors (Lipinski definition) is 1. The molecule has 1 saturated heterocycles. The second-order valence-corrected chi connectivity index (χ2v) is 9.31. The van der Waals surface area contributed by atoms with Crippen molar-refractivity contribution in [3.8, 4) is 5.75 Å². The molecule has 0 aromatic heterocycles. The maximum atomic E-state index is 12.5. The third-order valence-corrected chi connectivity index (χ3v) is 7.05. The van der Waals surface area contributed by atoms with E-state index < -0.39 is 20.0 Å². The highest BCUT2D eigenvalue weighted by molar-refractivity contribution is 7.92. The van der Waals surface area contributed by atoms with Crippen LogP contribution in [0.2, 0.25) is 0 Å². The van der Waals surface area contributed by atoms with Crippen LogP contribution in [0.1, 0.15) is 33.1 Å². The van der Waals surface area contributed by atoms with E-state index in [2.05, 4.69) is 4.72 Å². The van der Waals surface area contributed by atoms with Gasteiger partial charge in [-0.05, 0) is 44.4 Å². The van der Waals surface area contributed by atoms with Crippen LogP contribution in [0.3, 0.4) is 0 Å². The fourth-order valence-electron chi connectivity index (χ4n) is 2.53. The average Bonchev–Trinajstić information content (AvgIpc) is 2.53. The molecule has 0 atom stereocenters. The van der Waals surface area contributed by atoms with Crippen LogP contribution < -0.4 is 13.8 Å². The first-order chi connectivity index (χ1) is 11.3. The lowest BCUT2D eigenvalue weighted by Crippen LogP contribution is -2.38. The predicted octanol–water partition coefficient (Wildman–Crippen LogP) is 1.70. The third-order valence-electron chi connectivity index (χ3n) is 3.70. The largest absolute Gasteiger partial charge is 0.492 e. The molecule has 1 heterocycles. The number of anilines is 1. The van der Waals surface area contributed by atoms with Crippen LogP contribution in [0, 0.1) is 0 Å². The van der Waals surface area contributed by atoms with Gasteiger partial charge < -0.3 is 4.74 Å². The van der Waals surface area contributed by atoms with E-state index in [9.17, 15) is 16.8 Å². The van der Waals surface area contributed by atoms with Gasteiger partial charge in [0.05, 0.1) is 18.0 Å². The van der Waals surface area contributed by atoms with Gasteiger partial charge in [-0.15, -0.1) is 0 Å². The molecule has 2 rings (SSSR count). The van der Waals surface area contributed by atoms with E-state index >= 15 is 0 Å². The van der Waals surface area contributed by atoms with Crippen molar-refractivity contribution in [1.82, 2.24) is 4.72 Å². The van der Waals surface area contributed by atoms with Crippen LogP contribution in [0.5, 0.6) is 5.75 Å². The molecule has 0 spiro atoms. The normalized spacial score (nSPS) is 17.7. The fourth-order valence-corrected chi connectivity index (χ4v) is 5.46. The minimum Gasteiger partial charge on any atom is -0.492 e. The number of benzene rings is 1. The van der Waals surface area contributed by atoms with E-state index in [1.54, 1.807) is 13.0 Å². The SMILES string of the molecule is CCCNS(=O)(=O)c1cc(N2CCCCS2(=O)=O)ccc1OCC. The fraction of sp³-hybridized carbons (Fsp3) is 0.600. The van der Waals surface area contributed by atoms with Crippen molar-refractivity contribution in [2.75, 3.05) is 29.8 Å². The number of nitrogens with one attached hydrogen (secondary N) is 1. The standard InChI is InChI=1S/C15H24N2O5S2/c1-3-9-16-24(20,21)15-12-13(7-8-14(15)22-4-2)17-10-5-6-11-23(17,18)19/h7-8,12,16H,3-6,9-11H2,1-2H3. The lowest BCUT2D eigenvalue weighted by Gasteiger charge is -2.28. The summed E-state index contributed by atoms with van der Waals surface area (Å²) in [6, 6.07) is 4.49. The third kappa shape index (κ3) is 4.20. The monoisotopic (exact) mass is 376 g/mol. The second-order valence-electron chi connectivity index (χ2n) is 5.56. The molecule has 1 aromatic rings. The van der Waals surface area contributed by atoms with Gasteiger partial charge in [0.15, 0.2) is 0 Å². The highest BCUT2D eigenvalue weighted by atomic mass is 32.2.